The summed E-state index contributed by atoms with van der Waals surface area (Å²) in [5.74, 6) is 0.589. The Bertz CT molecular complexity index is 285. The van der Waals surface area contributed by atoms with E-state index >= 15 is 0 Å². The molecule has 0 radical (unpaired) electrons. The fourth-order valence-electron chi connectivity index (χ4n) is 3.30. The molecule has 1 aliphatic heterocycles. The monoisotopic (exact) mass is 252 g/mol. The average molecular weight is 252 g/mol. The van der Waals surface area contributed by atoms with Crippen molar-refractivity contribution >= 4 is 5.91 Å². The largest absolute Gasteiger partial charge is 0.342 e. The molecule has 0 aromatic rings. The van der Waals surface area contributed by atoms with E-state index in [1.165, 1.54) is 25.7 Å². The Morgan fingerprint density at radius 1 is 1.22 bits per heavy atom. The average Bonchev–Trinajstić information content (AvgIpc) is 2.38. The van der Waals surface area contributed by atoms with E-state index in [-0.39, 0.29) is 5.92 Å². The Morgan fingerprint density at radius 2 is 1.89 bits per heavy atom. The number of amides is 1. The van der Waals surface area contributed by atoms with Crippen molar-refractivity contribution in [3.8, 4) is 0 Å². The number of rotatable bonds is 2. The summed E-state index contributed by atoms with van der Waals surface area (Å²) < 4.78 is 0. The highest BCUT2D eigenvalue weighted by molar-refractivity contribution is 5.79. The fourth-order valence-corrected chi connectivity index (χ4v) is 3.30. The molecule has 2 fully saturated rings. The Morgan fingerprint density at radius 3 is 2.44 bits per heavy atom. The SMILES string of the molecule is CN(C(=O)[C@H]1CCCNC1)C1CCC(C)(C)CC1. The van der Waals surface area contributed by atoms with Crippen LogP contribution in [0.2, 0.25) is 0 Å². The first-order valence-electron chi connectivity index (χ1n) is 7.47. The third-order valence-electron chi connectivity index (χ3n) is 4.85. The minimum Gasteiger partial charge on any atom is -0.342 e. The zero-order chi connectivity index (χ0) is 13.2. The Kier molecular flexibility index (Phi) is 4.31. The summed E-state index contributed by atoms with van der Waals surface area (Å²) in [6.07, 6.45) is 7.05. The molecule has 0 unspecified atom stereocenters. The lowest BCUT2D eigenvalue weighted by Crippen LogP contribution is -2.47. The molecule has 1 saturated carbocycles. The van der Waals surface area contributed by atoms with Gasteiger partial charge in [-0.1, -0.05) is 13.8 Å². The summed E-state index contributed by atoms with van der Waals surface area (Å²) >= 11 is 0. The minimum atomic E-state index is 0.221. The van der Waals surface area contributed by atoms with E-state index in [4.69, 9.17) is 0 Å². The molecular weight excluding hydrogens is 224 g/mol. The summed E-state index contributed by atoms with van der Waals surface area (Å²) in [4.78, 5) is 14.5. The first kappa shape index (κ1) is 13.9. The number of hydrogen-bond acceptors (Lipinski definition) is 2. The van der Waals surface area contributed by atoms with Gasteiger partial charge in [0.25, 0.3) is 0 Å². The molecule has 3 nitrogen and oxygen atoms in total. The lowest BCUT2D eigenvalue weighted by molar-refractivity contribution is -0.137. The number of nitrogens with zero attached hydrogens (tertiary/aromatic N) is 1. The summed E-state index contributed by atoms with van der Waals surface area (Å²) in [5.41, 5.74) is 0.479. The first-order valence-corrected chi connectivity index (χ1v) is 7.47. The van der Waals surface area contributed by atoms with E-state index in [1.54, 1.807) is 0 Å². The summed E-state index contributed by atoms with van der Waals surface area (Å²) in [7, 11) is 2.01. The van der Waals surface area contributed by atoms with Gasteiger partial charge in [-0.3, -0.25) is 4.79 Å². The highest BCUT2D eigenvalue weighted by Crippen LogP contribution is 2.37. The van der Waals surface area contributed by atoms with E-state index in [0.29, 0.717) is 17.4 Å². The lowest BCUT2D eigenvalue weighted by Gasteiger charge is -2.40. The van der Waals surface area contributed by atoms with Gasteiger partial charge in [0.2, 0.25) is 5.91 Å². The molecule has 1 saturated heterocycles. The molecule has 0 aromatic heterocycles. The predicted molar refractivity (Wildman–Crippen MR) is 74.4 cm³/mol. The predicted octanol–water partition coefficient (Wildman–Crippen LogP) is 2.41. The van der Waals surface area contributed by atoms with Gasteiger partial charge in [0.15, 0.2) is 0 Å². The van der Waals surface area contributed by atoms with Crippen molar-refractivity contribution in [2.75, 3.05) is 20.1 Å². The highest BCUT2D eigenvalue weighted by Gasteiger charge is 2.33. The van der Waals surface area contributed by atoms with Gasteiger partial charge >= 0.3 is 0 Å². The molecule has 1 heterocycles. The van der Waals surface area contributed by atoms with E-state index in [1.807, 2.05) is 11.9 Å². The second-order valence-corrected chi connectivity index (χ2v) is 6.89. The molecular formula is C15H28N2O. The van der Waals surface area contributed by atoms with Crippen LogP contribution in [0.3, 0.4) is 0 Å². The quantitative estimate of drug-likeness (QED) is 0.818. The second kappa shape index (κ2) is 5.60. The van der Waals surface area contributed by atoms with Gasteiger partial charge in [-0.05, 0) is 50.5 Å². The van der Waals surface area contributed by atoms with Crippen molar-refractivity contribution in [2.45, 2.75) is 58.4 Å². The smallest absolute Gasteiger partial charge is 0.226 e. The third kappa shape index (κ3) is 3.25. The summed E-state index contributed by atoms with van der Waals surface area (Å²) in [6.45, 7) is 6.64. The van der Waals surface area contributed by atoms with Crippen LogP contribution in [0, 0.1) is 11.3 Å². The zero-order valence-electron chi connectivity index (χ0n) is 12.2. The minimum absolute atomic E-state index is 0.221. The van der Waals surface area contributed by atoms with Crippen LogP contribution in [-0.2, 0) is 4.79 Å². The standard InChI is InChI=1S/C15H28N2O/c1-15(2)8-6-13(7-9-15)17(3)14(18)12-5-4-10-16-11-12/h12-13,16H,4-11H2,1-3H3/t12-/m0/s1. The molecule has 1 N–H and O–H groups in total. The fraction of sp³-hybridized carbons (Fsp3) is 0.933. The molecule has 18 heavy (non-hydrogen) atoms. The van der Waals surface area contributed by atoms with Gasteiger partial charge < -0.3 is 10.2 Å². The molecule has 104 valence electrons. The van der Waals surface area contributed by atoms with Crippen molar-refractivity contribution in [1.82, 2.24) is 10.2 Å². The number of carbonyl (C=O) groups is 1. The maximum Gasteiger partial charge on any atom is 0.226 e. The first-order chi connectivity index (χ1) is 8.49. The molecule has 2 aliphatic rings. The van der Waals surface area contributed by atoms with Gasteiger partial charge in [0.1, 0.15) is 0 Å². The number of nitrogens with one attached hydrogen (secondary N) is 1. The van der Waals surface area contributed by atoms with Crippen molar-refractivity contribution in [3.05, 3.63) is 0 Å². The van der Waals surface area contributed by atoms with Crippen LogP contribution in [0.5, 0.6) is 0 Å². The van der Waals surface area contributed by atoms with Gasteiger partial charge in [-0.25, -0.2) is 0 Å². The number of carbonyl (C=O) groups excluding carboxylic acids is 1. The normalized spacial score (nSPS) is 28.9. The van der Waals surface area contributed by atoms with E-state index in [0.717, 1.165) is 25.9 Å². The van der Waals surface area contributed by atoms with Crippen LogP contribution in [0.4, 0.5) is 0 Å². The van der Waals surface area contributed by atoms with Crippen molar-refractivity contribution in [1.29, 1.82) is 0 Å². The van der Waals surface area contributed by atoms with E-state index in [2.05, 4.69) is 19.2 Å². The third-order valence-corrected chi connectivity index (χ3v) is 4.85. The molecule has 0 aromatic carbocycles. The van der Waals surface area contributed by atoms with Crippen LogP contribution < -0.4 is 5.32 Å². The van der Waals surface area contributed by atoms with Crippen molar-refractivity contribution in [3.63, 3.8) is 0 Å². The van der Waals surface area contributed by atoms with Crippen molar-refractivity contribution in [2.24, 2.45) is 11.3 Å². The summed E-state index contributed by atoms with van der Waals surface area (Å²) in [6, 6.07) is 0.479. The topological polar surface area (TPSA) is 32.3 Å². The number of hydrogen-bond donors (Lipinski definition) is 1. The van der Waals surface area contributed by atoms with Gasteiger partial charge in [-0.2, -0.15) is 0 Å². The maximum absolute atomic E-state index is 12.4. The van der Waals surface area contributed by atoms with Crippen LogP contribution in [0.1, 0.15) is 52.4 Å². The van der Waals surface area contributed by atoms with E-state index < -0.39 is 0 Å². The van der Waals surface area contributed by atoms with Crippen LogP contribution >= 0.6 is 0 Å². The van der Waals surface area contributed by atoms with Crippen LogP contribution in [0.25, 0.3) is 0 Å². The molecule has 1 aliphatic carbocycles. The molecule has 2 rings (SSSR count). The maximum atomic E-state index is 12.4. The second-order valence-electron chi connectivity index (χ2n) is 6.89. The Labute approximate surface area is 111 Å². The zero-order valence-corrected chi connectivity index (χ0v) is 12.2. The van der Waals surface area contributed by atoms with Crippen molar-refractivity contribution < 1.29 is 4.79 Å². The molecule has 3 heteroatoms. The van der Waals surface area contributed by atoms with Gasteiger partial charge in [0.05, 0.1) is 5.92 Å². The highest BCUT2D eigenvalue weighted by atomic mass is 16.2. The molecule has 1 atom stereocenters. The lowest BCUT2D eigenvalue weighted by atomic mass is 9.75. The Hall–Kier alpha value is -0.570. The summed E-state index contributed by atoms with van der Waals surface area (Å²) in [5, 5.41) is 3.34. The van der Waals surface area contributed by atoms with Crippen LogP contribution in [-0.4, -0.2) is 37.0 Å². The molecule has 0 bridgehead atoms. The Balaban J connectivity index is 1.87. The van der Waals surface area contributed by atoms with E-state index in [9.17, 15) is 4.79 Å². The number of piperidine rings is 1. The van der Waals surface area contributed by atoms with Gasteiger partial charge in [0, 0.05) is 19.6 Å². The molecule has 0 spiro atoms. The van der Waals surface area contributed by atoms with Gasteiger partial charge in [-0.15, -0.1) is 0 Å². The molecule has 1 amide bonds. The van der Waals surface area contributed by atoms with Crippen LogP contribution in [0.15, 0.2) is 0 Å².